The van der Waals surface area contributed by atoms with Crippen molar-refractivity contribution in [2.24, 2.45) is 0 Å². The molecule has 1 heterocycles. The number of aliphatic hydroxyl groups is 2. The molecular weight excluding hydrogens is 436 g/mol. The maximum atomic E-state index is 13.0. The van der Waals surface area contributed by atoms with Crippen LogP contribution in [0.25, 0.3) is 11.1 Å². The van der Waals surface area contributed by atoms with Gasteiger partial charge in [-0.1, -0.05) is 66.9 Å². The fourth-order valence-electron chi connectivity index (χ4n) is 4.44. The van der Waals surface area contributed by atoms with Gasteiger partial charge in [-0.05, 0) is 66.9 Å². The molecule has 0 aliphatic carbocycles. The first-order valence-corrected chi connectivity index (χ1v) is 12.2. The van der Waals surface area contributed by atoms with E-state index in [2.05, 4.69) is 41.0 Å². The molecule has 1 amide bonds. The summed E-state index contributed by atoms with van der Waals surface area (Å²) in [4.78, 5) is 16.9. The monoisotopic (exact) mass is 468 g/mol. The molecular formula is C30H32N2O3. The third kappa shape index (κ3) is 6.80. The van der Waals surface area contributed by atoms with E-state index in [1.807, 2.05) is 42.5 Å². The summed E-state index contributed by atoms with van der Waals surface area (Å²) in [5.41, 5.74) is 4.96. The maximum Gasteiger partial charge on any atom is 0.303 e. The third-order valence-corrected chi connectivity index (χ3v) is 6.26. The zero-order valence-corrected chi connectivity index (χ0v) is 19.9. The van der Waals surface area contributed by atoms with Gasteiger partial charge in [0.1, 0.15) is 0 Å². The van der Waals surface area contributed by atoms with E-state index in [-0.39, 0.29) is 6.54 Å². The van der Waals surface area contributed by atoms with Crippen molar-refractivity contribution >= 4 is 11.6 Å². The van der Waals surface area contributed by atoms with Gasteiger partial charge in [0, 0.05) is 23.7 Å². The SMILES string of the molecule is O=C(C#Cc1ccc(-c2ccccc2)c(CN2CCCCC2)c1)N(C[C@@H](O)CO)c1ccccc1. The van der Waals surface area contributed by atoms with E-state index in [9.17, 15) is 15.0 Å². The van der Waals surface area contributed by atoms with Crippen LogP contribution in [0.4, 0.5) is 5.69 Å². The number of likely N-dealkylation sites (tertiary alicyclic amines) is 1. The summed E-state index contributed by atoms with van der Waals surface area (Å²) in [6.07, 6.45) is 2.70. The Morgan fingerprint density at radius 3 is 2.31 bits per heavy atom. The van der Waals surface area contributed by atoms with Crippen LogP contribution in [-0.4, -0.2) is 53.4 Å². The van der Waals surface area contributed by atoms with Crippen molar-refractivity contribution in [1.29, 1.82) is 0 Å². The fraction of sp³-hybridized carbons (Fsp3) is 0.300. The summed E-state index contributed by atoms with van der Waals surface area (Å²) >= 11 is 0. The molecule has 35 heavy (non-hydrogen) atoms. The first kappa shape index (κ1) is 24.7. The molecule has 5 nitrogen and oxygen atoms in total. The van der Waals surface area contributed by atoms with Crippen LogP contribution < -0.4 is 4.90 Å². The van der Waals surface area contributed by atoms with E-state index in [0.717, 1.165) is 25.2 Å². The van der Waals surface area contributed by atoms with Crippen molar-refractivity contribution in [2.45, 2.75) is 31.9 Å². The summed E-state index contributed by atoms with van der Waals surface area (Å²) in [6, 6.07) is 25.6. The highest BCUT2D eigenvalue weighted by atomic mass is 16.3. The van der Waals surface area contributed by atoms with Gasteiger partial charge in [-0.15, -0.1) is 0 Å². The summed E-state index contributed by atoms with van der Waals surface area (Å²) in [5, 5.41) is 19.2. The Labute approximate surface area is 207 Å². The quantitative estimate of drug-likeness (QED) is 0.513. The maximum absolute atomic E-state index is 13.0. The summed E-state index contributed by atoms with van der Waals surface area (Å²) < 4.78 is 0. The van der Waals surface area contributed by atoms with Gasteiger partial charge in [0.15, 0.2) is 0 Å². The van der Waals surface area contributed by atoms with E-state index in [4.69, 9.17) is 0 Å². The Balaban J connectivity index is 1.61. The minimum absolute atomic E-state index is 0.0266. The molecule has 0 radical (unpaired) electrons. The smallest absolute Gasteiger partial charge is 0.303 e. The van der Waals surface area contributed by atoms with E-state index < -0.39 is 18.6 Å². The Bertz CT molecular complexity index is 1160. The Kier molecular flexibility index (Phi) is 8.69. The van der Waals surface area contributed by atoms with Crippen molar-refractivity contribution in [3.63, 3.8) is 0 Å². The molecule has 1 atom stereocenters. The largest absolute Gasteiger partial charge is 0.394 e. The number of hydrogen-bond acceptors (Lipinski definition) is 4. The van der Waals surface area contributed by atoms with Crippen LogP contribution in [0.1, 0.15) is 30.4 Å². The number of piperidine rings is 1. The zero-order chi connectivity index (χ0) is 24.5. The molecule has 5 heteroatoms. The van der Waals surface area contributed by atoms with Crippen LogP contribution >= 0.6 is 0 Å². The summed E-state index contributed by atoms with van der Waals surface area (Å²) in [6.45, 7) is 2.60. The van der Waals surface area contributed by atoms with Crippen molar-refractivity contribution in [3.05, 3.63) is 90.0 Å². The van der Waals surface area contributed by atoms with Gasteiger partial charge >= 0.3 is 5.91 Å². The highest BCUT2D eigenvalue weighted by molar-refractivity contribution is 6.06. The van der Waals surface area contributed by atoms with Crippen LogP contribution in [0.2, 0.25) is 0 Å². The average Bonchev–Trinajstić information content (AvgIpc) is 2.92. The molecule has 2 N–H and O–H groups in total. The molecule has 0 bridgehead atoms. The van der Waals surface area contributed by atoms with Gasteiger partial charge in [0.05, 0.1) is 19.3 Å². The molecule has 3 aromatic carbocycles. The number of nitrogens with zero attached hydrogens (tertiary/aromatic N) is 2. The van der Waals surface area contributed by atoms with Gasteiger partial charge in [-0.3, -0.25) is 14.6 Å². The second-order valence-electron chi connectivity index (χ2n) is 8.91. The molecule has 0 aromatic heterocycles. The number of hydrogen-bond donors (Lipinski definition) is 2. The molecule has 1 fully saturated rings. The number of carbonyl (C=O) groups excluding carboxylic acids is 1. The molecule has 0 saturated carbocycles. The van der Waals surface area contributed by atoms with Crippen LogP contribution in [0.15, 0.2) is 78.9 Å². The lowest BCUT2D eigenvalue weighted by molar-refractivity contribution is -0.113. The van der Waals surface area contributed by atoms with E-state index in [1.54, 1.807) is 12.1 Å². The number of carbonyl (C=O) groups is 1. The van der Waals surface area contributed by atoms with E-state index >= 15 is 0 Å². The van der Waals surface area contributed by atoms with Crippen LogP contribution in [0, 0.1) is 11.8 Å². The molecule has 0 unspecified atom stereocenters. The molecule has 4 rings (SSSR count). The predicted octanol–water partition coefficient (Wildman–Crippen LogP) is 4.08. The van der Waals surface area contributed by atoms with Gasteiger partial charge in [-0.2, -0.15) is 0 Å². The minimum atomic E-state index is -1.04. The molecule has 180 valence electrons. The second-order valence-corrected chi connectivity index (χ2v) is 8.91. The third-order valence-electron chi connectivity index (χ3n) is 6.26. The number of anilines is 1. The first-order chi connectivity index (χ1) is 17.1. The van der Waals surface area contributed by atoms with Gasteiger partial charge < -0.3 is 10.2 Å². The van der Waals surface area contributed by atoms with Crippen molar-refractivity contribution in [2.75, 3.05) is 31.1 Å². The van der Waals surface area contributed by atoms with E-state index in [0.29, 0.717) is 5.69 Å². The Morgan fingerprint density at radius 1 is 0.943 bits per heavy atom. The van der Waals surface area contributed by atoms with Crippen molar-refractivity contribution in [3.8, 4) is 23.0 Å². The normalized spacial score (nSPS) is 14.6. The lowest BCUT2D eigenvalue weighted by atomic mass is 9.96. The highest BCUT2D eigenvalue weighted by Crippen LogP contribution is 2.27. The minimum Gasteiger partial charge on any atom is -0.394 e. The lowest BCUT2D eigenvalue weighted by Gasteiger charge is -2.27. The van der Waals surface area contributed by atoms with Gasteiger partial charge in [0.25, 0.3) is 0 Å². The van der Waals surface area contributed by atoms with Crippen molar-refractivity contribution in [1.82, 2.24) is 4.90 Å². The second kappa shape index (κ2) is 12.3. The van der Waals surface area contributed by atoms with Crippen LogP contribution in [0.3, 0.4) is 0 Å². The van der Waals surface area contributed by atoms with Crippen LogP contribution in [-0.2, 0) is 11.3 Å². The fourth-order valence-corrected chi connectivity index (χ4v) is 4.44. The van der Waals surface area contributed by atoms with Gasteiger partial charge in [-0.25, -0.2) is 0 Å². The number of benzene rings is 3. The van der Waals surface area contributed by atoms with Crippen molar-refractivity contribution < 1.29 is 15.0 Å². The zero-order valence-electron chi connectivity index (χ0n) is 19.9. The molecule has 1 aliphatic rings. The Morgan fingerprint density at radius 2 is 1.63 bits per heavy atom. The number of rotatable bonds is 7. The molecule has 1 saturated heterocycles. The van der Waals surface area contributed by atoms with Crippen LogP contribution in [0.5, 0.6) is 0 Å². The topological polar surface area (TPSA) is 64.0 Å². The number of aliphatic hydroxyl groups excluding tert-OH is 2. The highest BCUT2D eigenvalue weighted by Gasteiger charge is 2.18. The first-order valence-electron chi connectivity index (χ1n) is 12.2. The summed E-state index contributed by atoms with van der Waals surface area (Å²) in [7, 11) is 0. The number of amides is 1. The summed E-state index contributed by atoms with van der Waals surface area (Å²) in [5.74, 6) is 5.36. The predicted molar refractivity (Wildman–Crippen MR) is 140 cm³/mol. The lowest BCUT2D eigenvalue weighted by Crippen LogP contribution is -2.38. The Hall–Kier alpha value is -3.43. The molecule has 1 aliphatic heterocycles. The molecule has 3 aromatic rings. The van der Waals surface area contributed by atoms with E-state index in [1.165, 1.54) is 40.9 Å². The standard InChI is InChI=1S/C30H32N2O3/c33-23-28(34)22-32(27-12-6-2-7-13-27)30(35)17-15-24-14-16-29(25-10-4-1-5-11-25)26(20-24)21-31-18-8-3-9-19-31/h1-2,4-7,10-14,16,20,28,33-34H,3,8-9,18-19,21-23H2/t28-/m1/s1. The number of para-hydroxylation sites is 1. The molecule has 0 spiro atoms. The van der Waals surface area contributed by atoms with Gasteiger partial charge in [0.2, 0.25) is 0 Å². The average molecular weight is 469 g/mol.